The molecule has 0 radical (unpaired) electrons. The average molecular weight is 238 g/mol. The van der Waals surface area contributed by atoms with Gasteiger partial charge >= 0.3 is 5.97 Å². The van der Waals surface area contributed by atoms with E-state index in [1.54, 1.807) is 0 Å². The monoisotopic (exact) mass is 238 g/mol. The highest BCUT2D eigenvalue weighted by molar-refractivity contribution is 6.00. The molecule has 17 heavy (non-hydrogen) atoms. The number of carbonyl (C=O) groups excluding carboxylic acids is 1. The van der Waals surface area contributed by atoms with Crippen LogP contribution < -0.4 is 0 Å². The number of carboxylic acid groups (broad SMARTS) is 1. The highest BCUT2D eigenvalue weighted by Crippen LogP contribution is 2.39. The van der Waals surface area contributed by atoms with Crippen molar-refractivity contribution in [3.05, 3.63) is 5.82 Å². The van der Waals surface area contributed by atoms with Crippen LogP contribution in [0.3, 0.4) is 0 Å². The molecule has 1 N–H and O–H groups in total. The van der Waals surface area contributed by atoms with E-state index in [1.807, 2.05) is 20.8 Å². The Balaban J connectivity index is 2.37. The van der Waals surface area contributed by atoms with Crippen molar-refractivity contribution >= 4 is 11.8 Å². The summed E-state index contributed by atoms with van der Waals surface area (Å²) in [7, 11) is 0. The zero-order valence-corrected chi connectivity index (χ0v) is 9.97. The molecule has 0 aliphatic heterocycles. The van der Waals surface area contributed by atoms with Crippen LogP contribution in [0.15, 0.2) is 0 Å². The summed E-state index contributed by atoms with van der Waals surface area (Å²) >= 11 is 0. The molecule has 1 aromatic rings. The molecule has 92 valence electrons. The maximum absolute atomic E-state index is 11.2. The zero-order chi connectivity index (χ0) is 12.8. The lowest BCUT2D eigenvalue weighted by molar-refractivity contribution is -0.153. The average Bonchev–Trinajstić information content (AvgIpc) is 2.59. The predicted octanol–water partition coefficient (Wildman–Crippen LogP) is 0.113. The number of ketones is 1. The molecule has 0 saturated heterocycles. The number of nitrogens with zero attached hydrogens (tertiary/aromatic N) is 4. The van der Waals surface area contributed by atoms with Crippen molar-refractivity contribution in [2.45, 2.75) is 44.6 Å². The van der Waals surface area contributed by atoms with E-state index >= 15 is 0 Å². The molecule has 1 saturated carbocycles. The largest absolute Gasteiger partial charge is 0.480 e. The summed E-state index contributed by atoms with van der Waals surface area (Å²) in [4.78, 5) is 23.7. The van der Waals surface area contributed by atoms with Crippen LogP contribution in [0.2, 0.25) is 0 Å². The Hall–Kier alpha value is -1.79. The maximum Gasteiger partial charge on any atom is 0.318 e. The van der Waals surface area contributed by atoms with Gasteiger partial charge in [0.25, 0.3) is 0 Å². The fraction of sp³-hybridized carbons (Fsp3) is 0.700. The van der Waals surface area contributed by atoms with Crippen molar-refractivity contribution in [2.24, 2.45) is 0 Å². The van der Waals surface area contributed by atoms with Crippen molar-refractivity contribution in [1.82, 2.24) is 20.2 Å². The Bertz CT molecular complexity index is 478. The van der Waals surface area contributed by atoms with Crippen LogP contribution in [0.25, 0.3) is 0 Å². The fourth-order valence-electron chi connectivity index (χ4n) is 1.72. The van der Waals surface area contributed by atoms with Crippen molar-refractivity contribution in [1.29, 1.82) is 0 Å². The third-order valence-electron chi connectivity index (χ3n) is 2.85. The Morgan fingerprint density at radius 3 is 2.35 bits per heavy atom. The van der Waals surface area contributed by atoms with Crippen LogP contribution in [0.5, 0.6) is 0 Å². The van der Waals surface area contributed by atoms with Crippen LogP contribution in [0, 0.1) is 0 Å². The summed E-state index contributed by atoms with van der Waals surface area (Å²) < 4.78 is 0. The Morgan fingerprint density at radius 1 is 1.41 bits per heavy atom. The quantitative estimate of drug-likeness (QED) is 0.785. The summed E-state index contributed by atoms with van der Waals surface area (Å²) in [6.07, 6.45) is -0.0870. The topological polar surface area (TPSA) is 98.0 Å². The number of hydrogen-bond donors (Lipinski definition) is 1. The summed E-state index contributed by atoms with van der Waals surface area (Å²) in [6, 6.07) is 0. The molecule has 1 aliphatic carbocycles. The first-order valence-corrected chi connectivity index (χ1v) is 5.32. The second kappa shape index (κ2) is 3.35. The first kappa shape index (κ1) is 11.7. The molecule has 1 fully saturated rings. The number of rotatable bonds is 2. The van der Waals surface area contributed by atoms with E-state index in [0.29, 0.717) is 0 Å². The van der Waals surface area contributed by atoms with Gasteiger partial charge in [-0.15, -0.1) is 10.2 Å². The van der Waals surface area contributed by atoms with Gasteiger partial charge in [-0.2, -0.15) is 4.80 Å². The van der Waals surface area contributed by atoms with Gasteiger partial charge in [0.15, 0.2) is 5.82 Å². The van der Waals surface area contributed by atoms with E-state index in [2.05, 4.69) is 15.4 Å². The predicted molar refractivity (Wildman–Crippen MR) is 56.4 cm³/mol. The highest BCUT2D eigenvalue weighted by Gasteiger charge is 2.55. The lowest BCUT2D eigenvalue weighted by atomic mass is 9.67. The van der Waals surface area contributed by atoms with E-state index in [0.717, 1.165) is 0 Å². The Labute approximate surface area is 97.8 Å². The first-order chi connectivity index (χ1) is 7.75. The molecule has 0 unspecified atom stereocenters. The number of carboxylic acids is 1. The van der Waals surface area contributed by atoms with E-state index in [9.17, 15) is 14.7 Å². The molecule has 1 aromatic heterocycles. The van der Waals surface area contributed by atoms with Crippen LogP contribution in [0.4, 0.5) is 0 Å². The molecule has 0 spiro atoms. The normalized spacial score (nSPS) is 18.9. The molecule has 1 aliphatic rings. The van der Waals surface area contributed by atoms with E-state index in [4.69, 9.17) is 0 Å². The minimum Gasteiger partial charge on any atom is -0.480 e. The number of hydrogen-bond acceptors (Lipinski definition) is 5. The van der Waals surface area contributed by atoms with Crippen LogP contribution in [-0.2, 0) is 20.5 Å². The van der Waals surface area contributed by atoms with Crippen molar-refractivity contribution in [3.63, 3.8) is 0 Å². The summed E-state index contributed by atoms with van der Waals surface area (Å²) in [5, 5.41) is 20.9. The molecule has 0 aromatic carbocycles. The zero-order valence-electron chi connectivity index (χ0n) is 9.97. The van der Waals surface area contributed by atoms with Gasteiger partial charge in [-0.05, 0) is 26.0 Å². The number of aliphatic carboxylic acids is 1. The summed E-state index contributed by atoms with van der Waals surface area (Å²) in [5.41, 5.74) is -1.63. The smallest absolute Gasteiger partial charge is 0.318 e. The van der Waals surface area contributed by atoms with Crippen molar-refractivity contribution in [2.75, 3.05) is 0 Å². The SMILES string of the molecule is CC(C)(C)n1nnc(C2(C(=O)O)CC(=O)C2)n1. The van der Waals surface area contributed by atoms with Crippen LogP contribution in [-0.4, -0.2) is 37.1 Å². The summed E-state index contributed by atoms with van der Waals surface area (Å²) in [6.45, 7) is 5.66. The van der Waals surface area contributed by atoms with Gasteiger partial charge in [-0.25, -0.2) is 0 Å². The highest BCUT2D eigenvalue weighted by atomic mass is 16.4. The van der Waals surface area contributed by atoms with Crippen molar-refractivity contribution < 1.29 is 14.7 Å². The number of tetrazole rings is 1. The van der Waals surface area contributed by atoms with Crippen molar-refractivity contribution in [3.8, 4) is 0 Å². The maximum atomic E-state index is 11.2. The molecule has 7 heteroatoms. The standard InChI is InChI=1S/C10H14N4O3/c1-9(2,3)14-12-7(11-13-14)10(8(16)17)4-6(15)5-10/h4-5H2,1-3H3,(H,16,17). The molecular weight excluding hydrogens is 224 g/mol. The second-order valence-electron chi connectivity index (χ2n) is 5.35. The molecule has 7 nitrogen and oxygen atoms in total. The van der Waals surface area contributed by atoms with E-state index < -0.39 is 11.4 Å². The van der Waals surface area contributed by atoms with Gasteiger partial charge in [0, 0.05) is 12.8 Å². The lowest BCUT2D eigenvalue weighted by Gasteiger charge is -2.32. The molecular formula is C10H14N4O3. The molecule has 1 heterocycles. The van der Waals surface area contributed by atoms with E-state index in [1.165, 1.54) is 4.80 Å². The molecule has 0 bridgehead atoms. The Morgan fingerprint density at radius 2 is 2.00 bits per heavy atom. The number of aromatic nitrogens is 4. The lowest BCUT2D eigenvalue weighted by Crippen LogP contribution is -2.49. The molecule has 0 amide bonds. The minimum atomic E-state index is -1.26. The van der Waals surface area contributed by atoms with E-state index in [-0.39, 0.29) is 30.0 Å². The van der Waals surface area contributed by atoms with Gasteiger partial charge < -0.3 is 5.11 Å². The van der Waals surface area contributed by atoms with Gasteiger partial charge in [0.1, 0.15) is 11.2 Å². The summed E-state index contributed by atoms with van der Waals surface area (Å²) in [5.74, 6) is -1.02. The third kappa shape index (κ3) is 1.71. The molecule has 0 atom stereocenters. The Kier molecular flexibility index (Phi) is 2.30. The minimum absolute atomic E-state index is 0.0435. The molecule has 2 rings (SSSR count). The first-order valence-electron chi connectivity index (χ1n) is 5.32. The third-order valence-corrected chi connectivity index (χ3v) is 2.85. The number of Topliss-reactive ketones (excluding diaryl/α,β-unsaturated/α-hetero) is 1. The van der Waals surface area contributed by atoms with Gasteiger partial charge in [0.2, 0.25) is 0 Å². The van der Waals surface area contributed by atoms with Crippen LogP contribution >= 0.6 is 0 Å². The van der Waals surface area contributed by atoms with Gasteiger partial charge in [-0.3, -0.25) is 9.59 Å². The number of carbonyl (C=O) groups is 2. The van der Waals surface area contributed by atoms with Gasteiger partial charge in [-0.1, -0.05) is 0 Å². The fourth-order valence-corrected chi connectivity index (χ4v) is 1.72. The van der Waals surface area contributed by atoms with Gasteiger partial charge in [0.05, 0.1) is 5.54 Å². The van der Waals surface area contributed by atoms with Crippen LogP contribution in [0.1, 0.15) is 39.4 Å². The second-order valence-corrected chi connectivity index (χ2v) is 5.35.